The monoisotopic (exact) mass is 318 g/mol. The number of carbonyl (C=O) groups excluding carboxylic acids is 2. The van der Waals surface area contributed by atoms with Gasteiger partial charge in [-0.1, -0.05) is 0 Å². The molecule has 3 heterocycles. The molecule has 0 aromatic carbocycles. The molecule has 124 valence electrons. The van der Waals surface area contributed by atoms with Gasteiger partial charge >= 0.3 is 6.09 Å². The number of fused-ring (bicyclic) bond motifs is 4. The molecule has 0 radical (unpaired) electrons. The maximum atomic E-state index is 12.5. The van der Waals surface area contributed by atoms with Crippen molar-refractivity contribution in [1.29, 1.82) is 0 Å². The first-order chi connectivity index (χ1) is 10.7. The van der Waals surface area contributed by atoms with Crippen LogP contribution in [0.1, 0.15) is 56.2 Å². The molecule has 2 atom stereocenters. The van der Waals surface area contributed by atoms with E-state index in [4.69, 9.17) is 4.74 Å². The molecule has 2 bridgehead atoms. The molecule has 1 fully saturated rings. The summed E-state index contributed by atoms with van der Waals surface area (Å²) in [5.41, 5.74) is 0.195. The van der Waals surface area contributed by atoms with Gasteiger partial charge in [-0.05, 0) is 52.2 Å². The van der Waals surface area contributed by atoms with Gasteiger partial charge in [0, 0.05) is 18.8 Å². The van der Waals surface area contributed by atoms with Crippen LogP contribution >= 0.6 is 0 Å². The van der Waals surface area contributed by atoms with Gasteiger partial charge in [0.15, 0.2) is 5.78 Å². The van der Waals surface area contributed by atoms with Crippen molar-refractivity contribution in [2.45, 2.75) is 52.3 Å². The highest BCUT2D eigenvalue weighted by Gasteiger charge is 2.43. The van der Waals surface area contributed by atoms with E-state index < -0.39 is 5.60 Å². The van der Waals surface area contributed by atoms with Crippen LogP contribution in [0, 0.1) is 5.92 Å². The van der Waals surface area contributed by atoms with Gasteiger partial charge in [-0.2, -0.15) is 0 Å². The fraction of sp³-hybridized carbons (Fsp3) is 0.588. The van der Waals surface area contributed by atoms with Gasteiger partial charge in [0.05, 0.1) is 11.6 Å². The maximum absolute atomic E-state index is 12.5. The van der Waals surface area contributed by atoms with Gasteiger partial charge in [-0.15, -0.1) is 0 Å². The molecule has 23 heavy (non-hydrogen) atoms. The Morgan fingerprint density at radius 2 is 1.91 bits per heavy atom. The first-order valence-corrected chi connectivity index (χ1v) is 7.91. The molecule has 0 saturated carbocycles. The molecule has 1 aromatic heterocycles. The van der Waals surface area contributed by atoms with Crippen LogP contribution in [-0.4, -0.2) is 33.5 Å². The highest BCUT2D eigenvalue weighted by atomic mass is 16.6. The van der Waals surface area contributed by atoms with Gasteiger partial charge in [-0.25, -0.2) is 4.79 Å². The average Bonchev–Trinajstić information content (AvgIpc) is 2.76. The maximum Gasteiger partial charge on any atom is 0.410 e. The van der Waals surface area contributed by atoms with E-state index in [0.29, 0.717) is 13.1 Å². The van der Waals surface area contributed by atoms with Crippen molar-refractivity contribution < 1.29 is 14.3 Å². The molecule has 6 heteroatoms. The number of hydrogen-bond donors (Lipinski definition) is 0. The Kier molecular flexibility index (Phi) is 3.58. The Labute approximate surface area is 135 Å². The molecule has 1 saturated heterocycles. The molecular weight excluding hydrogens is 296 g/mol. The summed E-state index contributed by atoms with van der Waals surface area (Å²) in [6.45, 7) is 8.04. The molecule has 0 unspecified atom stereocenters. The lowest BCUT2D eigenvalue weighted by Gasteiger charge is -2.30. The second kappa shape index (κ2) is 5.22. The van der Waals surface area contributed by atoms with Crippen LogP contribution in [0.2, 0.25) is 0 Å². The number of carbonyl (C=O) groups is 2. The number of ether oxygens (including phenoxy) is 1. The summed E-state index contributed by atoms with van der Waals surface area (Å²) in [5.74, 6) is -0.00727. The van der Waals surface area contributed by atoms with E-state index in [-0.39, 0.29) is 35.0 Å². The minimum absolute atomic E-state index is 0.155. The van der Waals surface area contributed by atoms with E-state index in [1.807, 2.05) is 20.8 Å². The predicted octanol–water partition coefficient (Wildman–Crippen LogP) is 2.36. The molecule has 1 amide bonds. The van der Waals surface area contributed by atoms with Crippen molar-refractivity contribution in [3.05, 3.63) is 33.7 Å². The van der Waals surface area contributed by atoms with Gasteiger partial charge in [0.1, 0.15) is 5.60 Å². The topological polar surface area (TPSA) is 68.6 Å². The zero-order chi connectivity index (χ0) is 16.9. The van der Waals surface area contributed by atoms with Gasteiger partial charge < -0.3 is 9.30 Å². The van der Waals surface area contributed by atoms with E-state index in [9.17, 15) is 14.4 Å². The molecule has 1 aromatic rings. The molecule has 2 aliphatic heterocycles. The Morgan fingerprint density at radius 3 is 2.52 bits per heavy atom. The number of Topliss-reactive ketones (excluding diaryl/α,β-unsaturated/α-hetero) is 1. The van der Waals surface area contributed by atoms with Crippen LogP contribution in [0.25, 0.3) is 0 Å². The fourth-order valence-electron chi connectivity index (χ4n) is 3.46. The van der Waals surface area contributed by atoms with E-state index in [2.05, 4.69) is 0 Å². The van der Waals surface area contributed by atoms with E-state index >= 15 is 0 Å². The lowest BCUT2D eigenvalue weighted by Crippen LogP contribution is -2.38. The summed E-state index contributed by atoms with van der Waals surface area (Å²) in [6.07, 6.45) is 0.486. The van der Waals surface area contributed by atoms with Crippen molar-refractivity contribution >= 4 is 11.9 Å². The third-order valence-electron chi connectivity index (χ3n) is 4.39. The van der Waals surface area contributed by atoms with Crippen molar-refractivity contribution in [3.63, 3.8) is 0 Å². The Hall–Kier alpha value is -2.11. The number of pyridine rings is 1. The van der Waals surface area contributed by atoms with E-state index in [1.165, 1.54) is 6.92 Å². The predicted molar refractivity (Wildman–Crippen MR) is 84.5 cm³/mol. The molecule has 6 nitrogen and oxygen atoms in total. The lowest BCUT2D eigenvalue weighted by atomic mass is 9.97. The largest absolute Gasteiger partial charge is 0.444 e. The first kappa shape index (κ1) is 15.8. The summed E-state index contributed by atoms with van der Waals surface area (Å²) in [6, 6.07) is 3.21. The SMILES string of the molecule is CC(=O)c1ccc2n(c1=O)C[C@@H]1C[C@H]2N(C(=O)OC(C)(C)C)C1. The molecule has 2 aliphatic rings. The van der Waals surface area contributed by atoms with Crippen molar-refractivity contribution in [1.82, 2.24) is 9.47 Å². The van der Waals surface area contributed by atoms with Crippen LogP contribution in [-0.2, 0) is 11.3 Å². The smallest absolute Gasteiger partial charge is 0.410 e. The van der Waals surface area contributed by atoms with Gasteiger partial charge in [-0.3, -0.25) is 14.5 Å². The average molecular weight is 318 g/mol. The van der Waals surface area contributed by atoms with E-state index in [1.54, 1.807) is 21.6 Å². The van der Waals surface area contributed by atoms with Crippen LogP contribution < -0.4 is 5.56 Å². The molecule has 3 rings (SSSR count). The first-order valence-electron chi connectivity index (χ1n) is 7.91. The second-order valence-corrected chi connectivity index (χ2v) is 7.39. The highest BCUT2D eigenvalue weighted by Crippen LogP contribution is 2.40. The summed E-state index contributed by atoms with van der Waals surface area (Å²) < 4.78 is 7.14. The number of amides is 1. The van der Waals surface area contributed by atoms with Crippen molar-refractivity contribution in [2.75, 3.05) is 6.54 Å². The van der Waals surface area contributed by atoms with E-state index in [0.717, 1.165) is 12.1 Å². The summed E-state index contributed by atoms with van der Waals surface area (Å²) in [7, 11) is 0. The van der Waals surface area contributed by atoms with Crippen LogP contribution in [0.3, 0.4) is 0 Å². The van der Waals surface area contributed by atoms with Crippen molar-refractivity contribution in [2.24, 2.45) is 5.92 Å². The third kappa shape index (κ3) is 2.78. The Morgan fingerprint density at radius 1 is 1.22 bits per heavy atom. The van der Waals surface area contributed by atoms with Crippen molar-refractivity contribution in [3.8, 4) is 0 Å². The number of ketones is 1. The zero-order valence-corrected chi connectivity index (χ0v) is 14.0. The standard InChI is InChI=1S/C17H22N2O4/c1-10(20)12-5-6-13-14-7-11(8-18(13)15(12)21)9-19(14)16(22)23-17(2,3)4/h5-6,11,14H,7-9H2,1-4H3/t11-,14+/m0/s1. The van der Waals surface area contributed by atoms with Crippen LogP contribution in [0.5, 0.6) is 0 Å². The minimum Gasteiger partial charge on any atom is -0.444 e. The lowest BCUT2D eigenvalue weighted by molar-refractivity contribution is 0.0220. The molecule has 0 aliphatic carbocycles. The Balaban J connectivity index is 1.96. The Bertz CT molecular complexity index is 729. The van der Waals surface area contributed by atoms with Gasteiger partial charge in [0.25, 0.3) is 5.56 Å². The third-order valence-corrected chi connectivity index (χ3v) is 4.39. The molecular formula is C17H22N2O4. The summed E-state index contributed by atoms with van der Waals surface area (Å²) >= 11 is 0. The minimum atomic E-state index is -0.550. The second-order valence-electron chi connectivity index (χ2n) is 7.39. The number of rotatable bonds is 1. The fourth-order valence-corrected chi connectivity index (χ4v) is 3.46. The zero-order valence-electron chi connectivity index (χ0n) is 14.0. The van der Waals surface area contributed by atoms with Crippen LogP contribution in [0.15, 0.2) is 16.9 Å². The van der Waals surface area contributed by atoms with Gasteiger partial charge in [0.2, 0.25) is 0 Å². The molecule has 0 N–H and O–H groups in total. The number of hydrogen-bond acceptors (Lipinski definition) is 4. The summed E-state index contributed by atoms with van der Waals surface area (Å²) in [4.78, 5) is 38.2. The number of likely N-dealkylation sites (tertiary alicyclic amines) is 1. The number of aromatic nitrogens is 1. The number of nitrogens with zero attached hydrogens (tertiary/aromatic N) is 2. The normalized spacial score (nSPS) is 22.7. The quantitative estimate of drug-likeness (QED) is 0.745. The summed E-state index contributed by atoms with van der Waals surface area (Å²) in [5, 5.41) is 0. The van der Waals surface area contributed by atoms with Crippen LogP contribution in [0.4, 0.5) is 4.79 Å². The highest BCUT2D eigenvalue weighted by molar-refractivity contribution is 5.93. The molecule has 0 spiro atoms.